The summed E-state index contributed by atoms with van der Waals surface area (Å²) in [5, 5.41) is 17.4. The molecule has 3 aromatic carbocycles. The Morgan fingerprint density at radius 2 is 1.65 bits per heavy atom. The van der Waals surface area contributed by atoms with Crippen molar-refractivity contribution in [2.24, 2.45) is 0 Å². The van der Waals surface area contributed by atoms with Gasteiger partial charge in [-0.05, 0) is 49.4 Å². The van der Waals surface area contributed by atoms with Crippen LogP contribution in [0.4, 0.5) is 21.0 Å². The van der Waals surface area contributed by atoms with Gasteiger partial charge in [0, 0.05) is 11.4 Å². The lowest BCUT2D eigenvalue weighted by molar-refractivity contribution is 0.190. The molecule has 1 aromatic heterocycles. The maximum atomic E-state index is 13.5. The number of carbonyl (C=O) groups is 2. The molecule has 9 nitrogen and oxygen atoms in total. The van der Waals surface area contributed by atoms with Gasteiger partial charge in [-0.2, -0.15) is 0 Å². The fraction of sp³-hybridized carbons (Fsp3) is 0.0833. The Kier molecular flexibility index (Phi) is 6.46. The summed E-state index contributed by atoms with van der Waals surface area (Å²) < 4.78 is 1.29. The van der Waals surface area contributed by atoms with Gasteiger partial charge in [0.15, 0.2) is 0 Å². The van der Waals surface area contributed by atoms with E-state index < -0.39 is 23.7 Å². The molecular weight excluding hydrogens is 458 g/mol. The van der Waals surface area contributed by atoms with Crippen molar-refractivity contribution >= 4 is 46.0 Å². The van der Waals surface area contributed by atoms with Crippen LogP contribution in [-0.2, 0) is 0 Å². The Morgan fingerprint density at radius 1 is 0.971 bits per heavy atom. The van der Waals surface area contributed by atoms with Crippen LogP contribution in [0.3, 0.4) is 0 Å². The summed E-state index contributed by atoms with van der Waals surface area (Å²) in [6, 6.07) is 19.1. The lowest BCUT2D eigenvalue weighted by Crippen LogP contribution is -2.32. The van der Waals surface area contributed by atoms with Gasteiger partial charge in [0.05, 0.1) is 27.7 Å². The van der Waals surface area contributed by atoms with E-state index in [1.165, 1.54) is 4.57 Å². The molecule has 34 heavy (non-hydrogen) atoms. The summed E-state index contributed by atoms with van der Waals surface area (Å²) >= 11 is 6.29. The SMILES string of the molecule is CC(NC(=O)O)c1nc2cccc(Cl)c2c(=O)n1-c1cccc(NC(=O)Nc2ccccc2)c1. The summed E-state index contributed by atoms with van der Waals surface area (Å²) in [5.41, 5.74) is 1.30. The monoisotopic (exact) mass is 477 g/mol. The molecule has 4 aromatic rings. The third-order valence-electron chi connectivity index (χ3n) is 4.99. The maximum absolute atomic E-state index is 13.5. The number of hydrogen-bond acceptors (Lipinski definition) is 4. The zero-order chi connectivity index (χ0) is 24.2. The number of benzene rings is 3. The fourth-order valence-corrected chi connectivity index (χ4v) is 3.78. The second-order valence-corrected chi connectivity index (χ2v) is 7.82. The number of halogens is 1. The molecule has 1 unspecified atom stereocenters. The normalized spacial score (nSPS) is 11.6. The molecule has 0 aliphatic carbocycles. The Balaban J connectivity index is 1.77. The van der Waals surface area contributed by atoms with Crippen molar-refractivity contribution in [2.75, 3.05) is 10.6 Å². The van der Waals surface area contributed by atoms with Crippen molar-refractivity contribution in [3.05, 3.63) is 94.0 Å². The molecule has 1 atom stereocenters. The molecule has 0 aliphatic rings. The van der Waals surface area contributed by atoms with Crippen molar-refractivity contribution in [1.82, 2.24) is 14.9 Å². The minimum atomic E-state index is -1.26. The average molecular weight is 478 g/mol. The number of fused-ring (bicyclic) bond motifs is 1. The van der Waals surface area contributed by atoms with Gasteiger partial charge in [-0.3, -0.25) is 9.36 Å². The van der Waals surface area contributed by atoms with E-state index in [0.29, 0.717) is 22.6 Å². The van der Waals surface area contributed by atoms with Crippen LogP contribution < -0.4 is 21.5 Å². The van der Waals surface area contributed by atoms with Gasteiger partial charge in [-0.1, -0.05) is 41.9 Å². The van der Waals surface area contributed by atoms with E-state index in [2.05, 4.69) is 20.9 Å². The predicted octanol–water partition coefficient (Wildman–Crippen LogP) is 5.01. The van der Waals surface area contributed by atoms with E-state index in [1.807, 2.05) is 6.07 Å². The first-order valence-corrected chi connectivity index (χ1v) is 10.7. The lowest BCUT2D eigenvalue weighted by atomic mass is 10.2. The van der Waals surface area contributed by atoms with Crippen molar-refractivity contribution in [3.63, 3.8) is 0 Å². The van der Waals surface area contributed by atoms with Crippen LogP contribution in [0.1, 0.15) is 18.8 Å². The first-order chi connectivity index (χ1) is 16.3. The second-order valence-electron chi connectivity index (χ2n) is 7.41. The number of anilines is 2. The molecule has 0 saturated carbocycles. The van der Waals surface area contributed by atoms with Crippen molar-refractivity contribution in [1.29, 1.82) is 0 Å². The molecule has 0 fully saturated rings. The summed E-state index contributed by atoms with van der Waals surface area (Å²) in [7, 11) is 0. The zero-order valence-electron chi connectivity index (χ0n) is 17.9. The quantitative estimate of drug-likeness (QED) is 0.321. The topological polar surface area (TPSA) is 125 Å². The van der Waals surface area contributed by atoms with E-state index in [0.717, 1.165) is 0 Å². The van der Waals surface area contributed by atoms with E-state index in [-0.39, 0.29) is 16.2 Å². The van der Waals surface area contributed by atoms with E-state index in [9.17, 15) is 19.5 Å². The number of rotatable bonds is 5. The number of carbonyl (C=O) groups excluding carboxylic acids is 1. The first kappa shape index (κ1) is 22.8. The van der Waals surface area contributed by atoms with Crippen LogP contribution in [-0.4, -0.2) is 26.8 Å². The Hall–Kier alpha value is -4.37. The molecule has 0 spiro atoms. The van der Waals surface area contributed by atoms with Crippen LogP contribution in [0.2, 0.25) is 5.02 Å². The molecule has 0 aliphatic heterocycles. The molecule has 3 amide bonds. The van der Waals surface area contributed by atoms with Crippen LogP contribution in [0, 0.1) is 0 Å². The largest absolute Gasteiger partial charge is 0.465 e. The van der Waals surface area contributed by atoms with Crippen molar-refractivity contribution in [2.45, 2.75) is 13.0 Å². The van der Waals surface area contributed by atoms with Crippen LogP contribution in [0.15, 0.2) is 77.6 Å². The molecule has 4 N–H and O–H groups in total. The van der Waals surface area contributed by atoms with Crippen LogP contribution in [0.5, 0.6) is 0 Å². The standard InChI is InChI=1S/C24H20ClN5O4/c1-14(26-24(33)34)21-29-19-12-6-11-18(25)20(19)22(31)30(21)17-10-5-9-16(13-17)28-23(32)27-15-7-3-2-4-8-15/h2-14,26H,1H3,(H,33,34)(H2,27,28,32). The number of nitrogens with one attached hydrogen (secondary N) is 3. The number of amides is 3. The highest BCUT2D eigenvalue weighted by Gasteiger charge is 2.20. The van der Waals surface area contributed by atoms with Gasteiger partial charge < -0.3 is 21.1 Å². The molecule has 0 radical (unpaired) electrons. The highest BCUT2D eigenvalue weighted by molar-refractivity contribution is 6.35. The van der Waals surface area contributed by atoms with Gasteiger partial charge in [0.2, 0.25) is 0 Å². The van der Waals surface area contributed by atoms with E-state index in [1.54, 1.807) is 73.7 Å². The Labute approximate surface area is 199 Å². The van der Waals surface area contributed by atoms with Crippen molar-refractivity contribution < 1.29 is 14.7 Å². The van der Waals surface area contributed by atoms with Gasteiger partial charge in [-0.25, -0.2) is 14.6 Å². The fourth-order valence-electron chi connectivity index (χ4n) is 3.53. The molecular formula is C24H20ClN5O4. The van der Waals surface area contributed by atoms with Crippen LogP contribution >= 0.6 is 11.6 Å². The maximum Gasteiger partial charge on any atom is 0.405 e. The highest BCUT2D eigenvalue weighted by atomic mass is 35.5. The molecule has 4 rings (SSSR count). The predicted molar refractivity (Wildman–Crippen MR) is 131 cm³/mol. The summed E-state index contributed by atoms with van der Waals surface area (Å²) in [6.07, 6.45) is -1.26. The van der Waals surface area contributed by atoms with Gasteiger partial charge in [-0.15, -0.1) is 0 Å². The highest BCUT2D eigenvalue weighted by Crippen LogP contribution is 2.24. The van der Waals surface area contributed by atoms with E-state index in [4.69, 9.17) is 11.6 Å². The number of nitrogens with zero attached hydrogens (tertiary/aromatic N) is 2. The van der Waals surface area contributed by atoms with Crippen LogP contribution in [0.25, 0.3) is 16.6 Å². The third-order valence-corrected chi connectivity index (χ3v) is 5.31. The molecule has 1 heterocycles. The zero-order valence-corrected chi connectivity index (χ0v) is 18.7. The molecule has 172 valence electrons. The third kappa shape index (κ3) is 4.84. The average Bonchev–Trinajstić information content (AvgIpc) is 2.79. The Bertz CT molecular complexity index is 1440. The molecule has 10 heteroatoms. The minimum absolute atomic E-state index is 0.174. The number of urea groups is 1. The molecule has 0 bridgehead atoms. The van der Waals surface area contributed by atoms with Crippen molar-refractivity contribution in [3.8, 4) is 5.69 Å². The first-order valence-electron chi connectivity index (χ1n) is 10.3. The summed E-state index contributed by atoms with van der Waals surface area (Å²) in [5.74, 6) is 0.174. The summed E-state index contributed by atoms with van der Waals surface area (Å²) in [6.45, 7) is 1.58. The Morgan fingerprint density at radius 3 is 2.38 bits per heavy atom. The van der Waals surface area contributed by atoms with Gasteiger partial charge in [0.1, 0.15) is 5.82 Å². The number of carboxylic acid groups (broad SMARTS) is 1. The van der Waals surface area contributed by atoms with E-state index >= 15 is 0 Å². The molecule has 0 saturated heterocycles. The van der Waals surface area contributed by atoms with Gasteiger partial charge in [0.25, 0.3) is 5.56 Å². The second kappa shape index (κ2) is 9.63. The number of para-hydroxylation sites is 1. The summed E-state index contributed by atoms with van der Waals surface area (Å²) in [4.78, 5) is 41.7. The lowest BCUT2D eigenvalue weighted by Gasteiger charge is -2.19. The minimum Gasteiger partial charge on any atom is -0.465 e. The number of aromatic nitrogens is 2. The number of hydrogen-bond donors (Lipinski definition) is 4. The van der Waals surface area contributed by atoms with Gasteiger partial charge >= 0.3 is 12.1 Å². The smallest absolute Gasteiger partial charge is 0.405 e.